The summed E-state index contributed by atoms with van der Waals surface area (Å²) in [7, 11) is -6.95. The minimum atomic E-state index is -3.56. The summed E-state index contributed by atoms with van der Waals surface area (Å²) in [6.45, 7) is 9.09. The van der Waals surface area contributed by atoms with Gasteiger partial charge in [0.05, 0.1) is 9.79 Å². The lowest BCUT2D eigenvalue weighted by atomic mass is 9.92. The Hall–Kier alpha value is -2.89. The van der Waals surface area contributed by atoms with Crippen molar-refractivity contribution < 1.29 is 21.6 Å². The van der Waals surface area contributed by atoms with Gasteiger partial charge in [0.1, 0.15) is 0 Å². The van der Waals surface area contributed by atoms with Gasteiger partial charge in [-0.05, 0) is 142 Å². The van der Waals surface area contributed by atoms with Crippen molar-refractivity contribution in [2.45, 2.75) is 86.6 Å². The molecular formula is C43H55BrN4O5S2. The molecule has 7 rings (SSSR count). The van der Waals surface area contributed by atoms with Gasteiger partial charge < -0.3 is 9.80 Å². The summed E-state index contributed by atoms with van der Waals surface area (Å²) >= 11 is 3.36. The second-order valence-corrected chi connectivity index (χ2v) is 20.2. The molecule has 4 saturated heterocycles. The number of halogens is 1. The van der Waals surface area contributed by atoms with Crippen LogP contribution >= 0.6 is 15.9 Å². The highest BCUT2D eigenvalue weighted by molar-refractivity contribution is 9.10. The lowest BCUT2D eigenvalue weighted by Crippen LogP contribution is -2.48. The number of likely N-dealkylation sites (tertiary alicyclic amines) is 2. The minimum absolute atomic E-state index is 0.110. The van der Waals surface area contributed by atoms with Crippen molar-refractivity contribution in [1.82, 2.24) is 18.4 Å². The Balaban J connectivity index is 0.000000197. The van der Waals surface area contributed by atoms with Gasteiger partial charge in [-0.25, -0.2) is 16.8 Å². The molecule has 0 radical (unpaired) electrons. The van der Waals surface area contributed by atoms with Crippen LogP contribution < -0.4 is 0 Å². The number of nitrogens with zero attached hydrogens (tertiary/aromatic N) is 4. The van der Waals surface area contributed by atoms with E-state index < -0.39 is 20.0 Å². The van der Waals surface area contributed by atoms with Crippen LogP contribution in [0.15, 0.2) is 93.1 Å². The largest absolute Gasteiger partial charge is 0.300 e. The number of rotatable bonds is 9. The Morgan fingerprint density at radius 2 is 1.11 bits per heavy atom. The summed E-state index contributed by atoms with van der Waals surface area (Å²) in [5.74, 6) is 4.14. The first-order chi connectivity index (χ1) is 26.5. The molecule has 0 unspecified atom stereocenters. The van der Waals surface area contributed by atoms with Gasteiger partial charge in [-0.2, -0.15) is 8.61 Å². The molecule has 0 atom stereocenters. The lowest BCUT2D eigenvalue weighted by Gasteiger charge is -2.41. The van der Waals surface area contributed by atoms with Crippen molar-refractivity contribution in [2.75, 3.05) is 52.4 Å². The topological polar surface area (TPSA) is 98.3 Å². The van der Waals surface area contributed by atoms with Gasteiger partial charge in [-0.15, -0.1) is 12.3 Å². The Kier molecular flexibility index (Phi) is 14.4. The molecule has 0 amide bonds. The molecule has 0 N–H and O–H groups in total. The highest BCUT2D eigenvalue weighted by atomic mass is 79.9. The lowest BCUT2D eigenvalue weighted by molar-refractivity contribution is 0.0980. The zero-order chi connectivity index (χ0) is 39.0. The summed E-state index contributed by atoms with van der Waals surface area (Å²) in [5, 5.41) is 0. The fourth-order valence-corrected chi connectivity index (χ4v) is 12.4. The van der Waals surface area contributed by atoms with Crippen LogP contribution in [0.25, 0.3) is 0 Å². The number of sulfonamides is 2. The third-order valence-electron chi connectivity index (χ3n) is 12.0. The van der Waals surface area contributed by atoms with Crippen molar-refractivity contribution in [2.24, 2.45) is 11.8 Å². The maximum absolute atomic E-state index is 13.1. The third-order valence-corrected chi connectivity index (χ3v) is 16.8. The van der Waals surface area contributed by atoms with Crippen LogP contribution in [0.5, 0.6) is 0 Å². The summed E-state index contributed by atoms with van der Waals surface area (Å²) in [6.07, 6.45) is 14.7. The van der Waals surface area contributed by atoms with Crippen molar-refractivity contribution in [3.8, 4) is 12.3 Å². The monoisotopic (exact) mass is 850 g/mol. The molecule has 55 heavy (non-hydrogen) atoms. The molecule has 4 aliphatic heterocycles. The summed E-state index contributed by atoms with van der Waals surface area (Å²) in [6, 6.07) is 23.4. The van der Waals surface area contributed by atoms with Gasteiger partial charge >= 0.3 is 0 Å². The first-order valence-corrected chi connectivity index (χ1v) is 23.5. The summed E-state index contributed by atoms with van der Waals surface area (Å²) in [4.78, 5) is 18.3. The molecule has 0 aliphatic carbocycles. The third kappa shape index (κ3) is 10.4. The van der Waals surface area contributed by atoms with Gasteiger partial charge in [-0.3, -0.25) is 4.79 Å². The number of terminal acetylenes is 1. The number of hydrogen-bond acceptors (Lipinski definition) is 7. The predicted octanol–water partition coefficient (Wildman–Crippen LogP) is 7.14. The van der Waals surface area contributed by atoms with Gasteiger partial charge in [0.2, 0.25) is 20.0 Å². The van der Waals surface area contributed by atoms with E-state index in [1.54, 1.807) is 63.2 Å². The number of carbonyl (C=O) groups excluding carboxylic acids is 1. The maximum atomic E-state index is 13.1. The minimum Gasteiger partial charge on any atom is -0.300 e. The van der Waals surface area contributed by atoms with Crippen LogP contribution in [0.2, 0.25) is 0 Å². The molecule has 9 nitrogen and oxygen atoms in total. The fraction of sp³-hybridized carbons (Fsp3) is 0.512. The van der Waals surface area contributed by atoms with Crippen LogP contribution in [-0.4, -0.2) is 105 Å². The van der Waals surface area contributed by atoms with E-state index in [9.17, 15) is 21.6 Å². The van der Waals surface area contributed by atoms with Crippen molar-refractivity contribution in [1.29, 1.82) is 0 Å². The normalized spacial score (nSPS) is 21.0. The molecule has 4 heterocycles. The number of hydrogen-bond donors (Lipinski definition) is 0. The van der Waals surface area contributed by atoms with Crippen molar-refractivity contribution >= 4 is 41.8 Å². The molecule has 4 fully saturated rings. The maximum Gasteiger partial charge on any atom is 0.244 e. The summed E-state index contributed by atoms with van der Waals surface area (Å²) < 4.78 is 55.8. The van der Waals surface area contributed by atoms with E-state index in [0.717, 1.165) is 64.0 Å². The van der Waals surface area contributed by atoms with E-state index in [0.29, 0.717) is 64.7 Å². The Morgan fingerprint density at radius 3 is 1.64 bits per heavy atom. The Morgan fingerprint density at radius 1 is 0.636 bits per heavy atom. The number of benzene rings is 3. The van der Waals surface area contributed by atoms with E-state index in [1.807, 2.05) is 24.3 Å². The van der Waals surface area contributed by atoms with Crippen LogP contribution in [0.1, 0.15) is 80.6 Å². The van der Waals surface area contributed by atoms with E-state index in [-0.39, 0.29) is 10.7 Å². The second kappa shape index (κ2) is 19.0. The average molecular weight is 852 g/mol. The first-order valence-electron chi connectivity index (χ1n) is 19.8. The molecule has 3 aromatic rings. The van der Waals surface area contributed by atoms with Gasteiger partial charge in [0.15, 0.2) is 5.78 Å². The molecule has 12 heteroatoms. The SMILES string of the molecule is C#CCC1CCN(C2CCN(S(=O)(=O)c3ccc(C(=O)c4ccccc4)cc3)CC2)CC1.CC1CCN(C2CCN(S(=O)(=O)c3ccccc3Br)CC2)CC1. The molecule has 0 saturated carbocycles. The highest BCUT2D eigenvalue weighted by Gasteiger charge is 2.35. The van der Waals surface area contributed by atoms with Crippen molar-refractivity contribution in [3.63, 3.8) is 0 Å². The quantitative estimate of drug-likeness (QED) is 0.167. The smallest absolute Gasteiger partial charge is 0.244 e. The van der Waals surface area contributed by atoms with E-state index in [4.69, 9.17) is 6.42 Å². The first kappa shape index (κ1) is 41.7. The molecule has 0 aromatic heterocycles. The fourth-order valence-electron chi connectivity index (χ4n) is 8.45. The van der Waals surface area contributed by atoms with Crippen LogP contribution in [0, 0.1) is 24.2 Å². The second-order valence-electron chi connectivity index (χ2n) is 15.5. The molecule has 3 aromatic carbocycles. The van der Waals surface area contributed by atoms with E-state index in [1.165, 1.54) is 25.9 Å². The van der Waals surface area contributed by atoms with E-state index in [2.05, 4.69) is 38.6 Å². The van der Waals surface area contributed by atoms with Crippen LogP contribution in [-0.2, 0) is 20.0 Å². The average Bonchev–Trinajstić information content (AvgIpc) is 3.22. The van der Waals surface area contributed by atoms with Crippen molar-refractivity contribution in [3.05, 3.63) is 94.5 Å². The van der Waals surface area contributed by atoms with Gasteiger partial charge in [0.25, 0.3) is 0 Å². The molecule has 4 aliphatic rings. The number of carbonyl (C=O) groups is 1. The number of piperidine rings is 4. The molecule has 0 bridgehead atoms. The highest BCUT2D eigenvalue weighted by Crippen LogP contribution is 2.30. The molecule has 0 spiro atoms. The van der Waals surface area contributed by atoms with Crippen LogP contribution in [0.3, 0.4) is 0 Å². The standard InChI is InChI=1S/C26H30N2O3S.C17H25BrN2O2S/c1-2-6-21-13-17-27(18-14-21)24-15-19-28(20-16-24)32(30,31)25-11-9-23(10-12-25)26(29)22-7-4-3-5-8-22;1-14-6-10-19(11-7-14)15-8-12-20(13-9-15)23(21,22)17-5-3-2-4-16(17)18/h1,3-5,7-12,21,24H,6,13-20H2;2-5,14-15H,6-13H2,1H3. The van der Waals surface area contributed by atoms with Gasteiger partial charge in [-0.1, -0.05) is 49.4 Å². The Bertz CT molecular complexity index is 1970. The Labute approximate surface area is 337 Å². The zero-order valence-corrected chi connectivity index (χ0v) is 35.2. The molecule has 296 valence electrons. The number of ketones is 1. The predicted molar refractivity (Wildman–Crippen MR) is 222 cm³/mol. The summed E-state index contributed by atoms with van der Waals surface area (Å²) in [5.41, 5.74) is 1.08. The van der Waals surface area contributed by atoms with Gasteiger partial charge in [0, 0.05) is 60.3 Å². The van der Waals surface area contributed by atoms with Crippen LogP contribution in [0.4, 0.5) is 0 Å². The van der Waals surface area contributed by atoms with E-state index >= 15 is 0 Å². The zero-order valence-electron chi connectivity index (χ0n) is 31.9. The molecular weight excluding hydrogens is 797 g/mol.